The van der Waals surface area contributed by atoms with E-state index in [1.165, 1.54) is 6.33 Å². The molecule has 0 saturated carbocycles. The fourth-order valence-electron chi connectivity index (χ4n) is 2.54. The number of primary amides is 1. The largest absolute Gasteiger partial charge is 0.369 e. The Labute approximate surface area is 150 Å². The van der Waals surface area contributed by atoms with Crippen LogP contribution in [-0.4, -0.2) is 28.3 Å². The highest BCUT2D eigenvalue weighted by atomic mass is 16.1. The van der Waals surface area contributed by atoms with Crippen LogP contribution in [-0.2, 0) is 4.79 Å². The second-order valence-corrected chi connectivity index (χ2v) is 5.76. The summed E-state index contributed by atoms with van der Waals surface area (Å²) in [6, 6.07) is 14.2. The molecule has 0 aliphatic rings. The molecule has 1 heterocycles. The van der Waals surface area contributed by atoms with Crippen LogP contribution in [0.2, 0.25) is 0 Å². The first-order chi connectivity index (χ1) is 12.6. The molecule has 0 spiro atoms. The number of rotatable bonds is 7. The Bertz CT molecular complexity index is 919. The van der Waals surface area contributed by atoms with Crippen molar-refractivity contribution in [1.82, 2.24) is 9.97 Å². The van der Waals surface area contributed by atoms with Crippen LogP contribution in [0.4, 0.5) is 11.5 Å². The van der Waals surface area contributed by atoms with E-state index < -0.39 is 5.91 Å². The first kappa shape index (κ1) is 17.3. The molecule has 0 saturated heterocycles. The second kappa shape index (κ2) is 8.06. The summed E-state index contributed by atoms with van der Waals surface area (Å²) in [4.78, 5) is 31.5. The van der Waals surface area contributed by atoms with Crippen LogP contribution in [0.1, 0.15) is 23.2 Å². The first-order valence-corrected chi connectivity index (χ1v) is 8.27. The van der Waals surface area contributed by atoms with Crippen molar-refractivity contribution in [3.8, 4) is 0 Å². The molecule has 1 aromatic heterocycles. The van der Waals surface area contributed by atoms with Gasteiger partial charge in [0.05, 0.1) is 5.52 Å². The lowest BCUT2D eigenvalue weighted by molar-refractivity contribution is -0.116. The molecule has 0 bridgehead atoms. The average Bonchev–Trinajstić information content (AvgIpc) is 2.66. The number of hydrogen-bond donors (Lipinski definition) is 3. The Hall–Kier alpha value is -3.48. The van der Waals surface area contributed by atoms with Gasteiger partial charge < -0.3 is 16.4 Å². The molecule has 7 nitrogen and oxygen atoms in total. The summed E-state index contributed by atoms with van der Waals surface area (Å²) in [5.74, 6) is 0.176. The minimum Gasteiger partial charge on any atom is -0.369 e. The lowest BCUT2D eigenvalue weighted by atomic mass is 10.2. The predicted octanol–water partition coefficient (Wildman–Crippen LogP) is 2.56. The lowest BCUT2D eigenvalue weighted by Crippen LogP contribution is -2.14. The van der Waals surface area contributed by atoms with Crippen LogP contribution in [0, 0.1) is 0 Å². The van der Waals surface area contributed by atoms with E-state index in [2.05, 4.69) is 20.6 Å². The minimum absolute atomic E-state index is 0.0915. The number of hydrogen-bond acceptors (Lipinski definition) is 5. The monoisotopic (exact) mass is 349 g/mol. The highest BCUT2D eigenvalue weighted by Crippen LogP contribution is 2.18. The second-order valence-electron chi connectivity index (χ2n) is 5.76. The zero-order valence-electron chi connectivity index (χ0n) is 14.1. The van der Waals surface area contributed by atoms with Gasteiger partial charge in [-0.25, -0.2) is 9.97 Å². The Morgan fingerprint density at radius 3 is 2.54 bits per heavy atom. The Morgan fingerprint density at radius 2 is 1.77 bits per heavy atom. The van der Waals surface area contributed by atoms with E-state index in [1.54, 1.807) is 24.3 Å². The molecule has 132 valence electrons. The van der Waals surface area contributed by atoms with Gasteiger partial charge in [-0.3, -0.25) is 9.59 Å². The number of anilines is 2. The zero-order valence-corrected chi connectivity index (χ0v) is 14.1. The molecular formula is C19H19N5O2. The van der Waals surface area contributed by atoms with E-state index in [0.29, 0.717) is 30.6 Å². The average molecular weight is 349 g/mol. The molecule has 0 atom stereocenters. The number of nitrogens with one attached hydrogen (secondary N) is 2. The van der Waals surface area contributed by atoms with Crippen molar-refractivity contribution in [2.45, 2.75) is 12.8 Å². The van der Waals surface area contributed by atoms with Crippen molar-refractivity contribution in [3.05, 3.63) is 60.4 Å². The summed E-state index contributed by atoms with van der Waals surface area (Å²) in [6.45, 7) is 0.620. The molecule has 0 aliphatic heterocycles. The van der Waals surface area contributed by atoms with Crippen molar-refractivity contribution >= 4 is 34.2 Å². The van der Waals surface area contributed by atoms with Crippen molar-refractivity contribution < 1.29 is 9.59 Å². The van der Waals surface area contributed by atoms with Crippen LogP contribution < -0.4 is 16.4 Å². The molecule has 3 aromatic rings. The van der Waals surface area contributed by atoms with E-state index in [1.807, 2.05) is 24.3 Å². The highest BCUT2D eigenvalue weighted by Gasteiger charge is 2.05. The number of nitrogens with zero attached hydrogens (tertiary/aromatic N) is 2. The molecule has 2 aromatic carbocycles. The molecule has 0 radical (unpaired) electrons. The quantitative estimate of drug-likeness (QED) is 0.568. The van der Waals surface area contributed by atoms with E-state index in [-0.39, 0.29) is 5.91 Å². The number of para-hydroxylation sites is 1. The maximum absolute atomic E-state index is 12.0. The van der Waals surface area contributed by atoms with E-state index in [9.17, 15) is 9.59 Å². The third-order valence-electron chi connectivity index (χ3n) is 3.87. The molecule has 3 rings (SSSR count). The molecule has 26 heavy (non-hydrogen) atoms. The summed E-state index contributed by atoms with van der Waals surface area (Å²) in [5.41, 5.74) is 7.10. The normalized spacial score (nSPS) is 10.5. The molecule has 0 aliphatic carbocycles. The number of amides is 2. The Kier molecular flexibility index (Phi) is 5.38. The summed E-state index contributed by atoms with van der Waals surface area (Å²) >= 11 is 0. The fourth-order valence-corrected chi connectivity index (χ4v) is 2.54. The van der Waals surface area contributed by atoms with Gasteiger partial charge >= 0.3 is 0 Å². The Balaban J connectivity index is 1.47. The number of aromatic nitrogens is 2. The van der Waals surface area contributed by atoms with Crippen LogP contribution in [0.25, 0.3) is 10.9 Å². The number of carbonyl (C=O) groups is 2. The van der Waals surface area contributed by atoms with Gasteiger partial charge in [0.25, 0.3) is 0 Å². The zero-order chi connectivity index (χ0) is 18.4. The number of benzene rings is 2. The van der Waals surface area contributed by atoms with Gasteiger partial charge in [-0.1, -0.05) is 12.1 Å². The molecule has 7 heteroatoms. The van der Waals surface area contributed by atoms with Crippen LogP contribution in [0.3, 0.4) is 0 Å². The molecule has 0 unspecified atom stereocenters. The molecule has 4 N–H and O–H groups in total. The SMILES string of the molecule is NC(=O)c1ccc(NC(=O)CCCNc2ncnc3ccccc23)cc1. The first-order valence-electron chi connectivity index (χ1n) is 8.27. The molecule has 2 amide bonds. The third kappa shape index (κ3) is 4.32. The van der Waals surface area contributed by atoms with Crippen molar-refractivity contribution in [2.24, 2.45) is 5.73 Å². The lowest BCUT2D eigenvalue weighted by Gasteiger charge is -2.08. The van der Waals surface area contributed by atoms with Crippen molar-refractivity contribution in [2.75, 3.05) is 17.2 Å². The minimum atomic E-state index is -0.494. The third-order valence-corrected chi connectivity index (χ3v) is 3.87. The van der Waals surface area contributed by atoms with Gasteiger partial charge in [-0.15, -0.1) is 0 Å². The Morgan fingerprint density at radius 1 is 1.00 bits per heavy atom. The van der Waals surface area contributed by atoms with Gasteiger partial charge in [0.15, 0.2) is 0 Å². The van der Waals surface area contributed by atoms with Gasteiger partial charge in [0, 0.05) is 29.6 Å². The van der Waals surface area contributed by atoms with E-state index in [0.717, 1.165) is 16.7 Å². The number of fused-ring (bicyclic) bond motifs is 1. The number of carbonyl (C=O) groups excluding carboxylic acids is 2. The fraction of sp³-hybridized carbons (Fsp3) is 0.158. The highest BCUT2D eigenvalue weighted by molar-refractivity contribution is 5.94. The standard InChI is InChI=1S/C19H19N5O2/c20-18(26)13-7-9-14(10-8-13)24-17(25)6-3-11-21-19-15-4-1-2-5-16(15)22-12-23-19/h1-2,4-5,7-10,12H,3,6,11H2,(H2,20,26)(H,24,25)(H,21,22,23). The maximum atomic E-state index is 12.0. The molecular weight excluding hydrogens is 330 g/mol. The maximum Gasteiger partial charge on any atom is 0.248 e. The van der Waals surface area contributed by atoms with Gasteiger partial charge in [0.2, 0.25) is 11.8 Å². The topological polar surface area (TPSA) is 110 Å². The van der Waals surface area contributed by atoms with E-state index >= 15 is 0 Å². The summed E-state index contributed by atoms with van der Waals surface area (Å²) < 4.78 is 0. The predicted molar refractivity (Wildman–Crippen MR) is 101 cm³/mol. The summed E-state index contributed by atoms with van der Waals surface area (Å²) in [7, 11) is 0. The molecule has 0 fully saturated rings. The van der Waals surface area contributed by atoms with Crippen LogP contribution in [0.5, 0.6) is 0 Å². The van der Waals surface area contributed by atoms with E-state index in [4.69, 9.17) is 5.73 Å². The summed E-state index contributed by atoms with van der Waals surface area (Å²) in [5, 5.41) is 6.99. The number of nitrogens with two attached hydrogens (primary N) is 1. The summed E-state index contributed by atoms with van der Waals surface area (Å²) in [6.07, 6.45) is 2.55. The van der Waals surface area contributed by atoms with Crippen molar-refractivity contribution in [3.63, 3.8) is 0 Å². The van der Waals surface area contributed by atoms with Gasteiger partial charge in [0.1, 0.15) is 12.1 Å². The smallest absolute Gasteiger partial charge is 0.248 e. The van der Waals surface area contributed by atoms with Gasteiger partial charge in [-0.2, -0.15) is 0 Å². The van der Waals surface area contributed by atoms with Crippen LogP contribution >= 0.6 is 0 Å². The van der Waals surface area contributed by atoms with Crippen molar-refractivity contribution in [1.29, 1.82) is 0 Å². The van der Waals surface area contributed by atoms with Crippen LogP contribution in [0.15, 0.2) is 54.9 Å². The van der Waals surface area contributed by atoms with Gasteiger partial charge in [-0.05, 0) is 42.8 Å².